The lowest BCUT2D eigenvalue weighted by atomic mass is 10.1. The number of pyridine rings is 1. The Hall–Kier alpha value is -3.47. The second-order valence-corrected chi connectivity index (χ2v) is 6.70. The molecule has 2 amide bonds. The first-order valence-electron chi connectivity index (χ1n) is 9.77. The predicted molar refractivity (Wildman–Crippen MR) is 114 cm³/mol. The summed E-state index contributed by atoms with van der Waals surface area (Å²) in [5, 5.41) is 0. The van der Waals surface area contributed by atoms with E-state index >= 15 is 0 Å². The minimum atomic E-state index is -0.517. The predicted octanol–water partition coefficient (Wildman–Crippen LogP) is 3.71. The number of benzene rings is 2. The van der Waals surface area contributed by atoms with Crippen LogP contribution in [0.25, 0.3) is 0 Å². The molecule has 3 rings (SSSR count). The van der Waals surface area contributed by atoms with E-state index < -0.39 is 11.8 Å². The smallest absolute Gasteiger partial charge is 0.316 e. The molecule has 148 valence electrons. The minimum absolute atomic E-state index is 0.345. The van der Waals surface area contributed by atoms with Crippen LogP contribution in [-0.2, 0) is 22.6 Å². The van der Waals surface area contributed by atoms with Crippen LogP contribution >= 0.6 is 0 Å². The standard InChI is InChI=1S/C24H25N3O2/c1-2-26(18-15-20-13-16-25-17-14-20)23(28)24(29)27(22-11-7-4-8-12-22)19-21-9-5-3-6-10-21/h3-14,16-17H,2,15,18-19H2,1H3. The molecule has 0 aliphatic carbocycles. The highest BCUT2D eigenvalue weighted by Gasteiger charge is 2.27. The van der Waals surface area contributed by atoms with Crippen molar-refractivity contribution >= 4 is 17.5 Å². The van der Waals surface area contributed by atoms with Gasteiger partial charge in [-0.2, -0.15) is 0 Å². The third-order valence-electron chi connectivity index (χ3n) is 4.77. The average Bonchev–Trinajstić information content (AvgIpc) is 2.79. The molecule has 29 heavy (non-hydrogen) atoms. The van der Waals surface area contributed by atoms with Gasteiger partial charge in [0.1, 0.15) is 0 Å². The number of carbonyl (C=O) groups excluding carboxylic acids is 2. The van der Waals surface area contributed by atoms with Gasteiger partial charge in [-0.3, -0.25) is 19.5 Å². The summed E-state index contributed by atoms with van der Waals surface area (Å²) >= 11 is 0. The van der Waals surface area contributed by atoms with Crippen molar-refractivity contribution in [3.63, 3.8) is 0 Å². The van der Waals surface area contributed by atoms with Crippen LogP contribution in [0.3, 0.4) is 0 Å². The minimum Gasteiger partial charge on any atom is -0.334 e. The summed E-state index contributed by atoms with van der Waals surface area (Å²) < 4.78 is 0. The molecule has 1 aromatic heterocycles. The molecule has 2 aromatic carbocycles. The molecule has 0 radical (unpaired) electrons. The highest BCUT2D eigenvalue weighted by atomic mass is 16.2. The molecule has 0 aliphatic rings. The third kappa shape index (κ3) is 5.51. The largest absolute Gasteiger partial charge is 0.334 e. The van der Waals surface area contributed by atoms with Gasteiger partial charge in [0.25, 0.3) is 0 Å². The number of amides is 2. The first kappa shape index (κ1) is 20.3. The zero-order valence-electron chi connectivity index (χ0n) is 16.6. The molecule has 0 atom stereocenters. The maximum absolute atomic E-state index is 13.2. The first-order valence-corrected chi connectivity index (χ1v) is 9.77. The lowest BCUT2D eigenvalue weighted by molar-refractivity contribution is -0.144. The zero-order chi connectivity index (χ0) is 20.5. The Kier molecular flexibility index (Phi) is 7.11. The highest BCUT2D eigenvalue weighted by Crippen LogP contribution is 2.18. The van der Waals surface area contributed by atoms with Gasteiger partial charge in [-0.25, -0.2) is 0 Å². The average molecular weight is 387 g/mol. The SMILES string of the molecule is CCN(CCc1ccncc1)C(=O)C(=O)N(Cc1ccccc1)c1ccccc1. The molecule has 1 heterocycles. The molecule has 0 spiro atoms. The molecule has 0 fully saturated rings. The van der Waals surface area contributed by atoms with E-state index in [-0.39, 0.29) is 0 Å². The molecule has 0 saturated carbocycles. The van der Waals surface area contributed by atoms with Crippen molar-refractivity contribution in [2.45, 2.75) is 19.9 Å². The fraction of sp³-hybridized carbons (Fsp3) is 0.208. The van der Waals surface area contributed by atoms with Crippen LogP contribution < -0.4 is 4.90 Å². The molecular weight excluding hydrogens is 362 g/mol. The molecule has 0 N–H and O–H groups in total. The van der Waals surface area contributed by atoms with Crippen LogP contribution in [-0.4, -0.2) is 34.8 Å². The molecule has 0 unspecified atom stereocenters. The van der Waals surface area contributed by atoms with Crippen molar-refractivity contribution in [3.8, 4) is 0 Å². The topological polar surface area (TPSA) is 53.5 Å². The number of likely N-dealkylation sites (N-methyl/N-ethyl adjacent to an activating group) is 1. The zero-order valence-corrected chi connectivity index (χ0v) is 16.6. The third-order valence-corrected chi connectivity index (χ3v) is 4.77. The molecule has 0 saturated heterocycles. The summed E-state index contributed by atoms with van der Waals surface area (Å²) in [6.45, 7) is 3.20. The molecular formula is C24H25N3O2. The molecule has 3 aromatic rings. The van der Waals surface area contributed by atoms with Crippen LogP contribution in [0.1, 0.15) is 18.1 Å². The highest BCUT2D eigenvalue weighted by molar-refractivity contribution is 6.40. The van der Waals surface area contributed by atoms with Crippen molar-refractivity contribution in [1.29, 1.82) is 0 Å². The lowest BCUT2D eigenvalue weighted by Crippen LogP contribution is -2.45. The number of hydrogen-bond acceptors (Lipinski definition) is 3. The first-order chi connectivity index (χ1) is 14.2. The van der Waals surface area contributed by atoms with Gasteiger partial charge in [0.05, 0.1) is 6.54 Å². The van der Waals surface area contributed by atoms with Gasteiger partial charge in [0.2, 0.25) is 0 Å². The Labute approximate surface area is 171 Å². The fourth-order valence-electron chi connectivity index (χ4n) is 3.12. The number of carbonyl (C=O) groups is 2. The van der Waals surface area contributed by atoms with Crippen molar-refractivity contribution in [2.75, 3.05) is 18.0 Å². The summed E-state index contributed by atoms with van der Waals surface area (Å²) in [4.78, 5) is 33.4. The van der Waals surface area contributed by atoms with Crippen molar-refractivity contribution in [3.05, 3.63) is 96.3 Å². The molecule has 5 heteroatoms. The van der Waals surface area contributed by atoms with Gasteiger partial charge >= 0.3 is 11.8 Å². The molecule has 5 nitrogen and oxygen atoms in total. The van der Waals surface area contributed by atoms with E-state index in [9.17, 15) is 9.59 Å². The van der Waals surface area contributed by atoms with Crippen LogP contribution in [0.2, 0.25) is 0 Å². The Morgan fingerprint density at radius 1 is 0.793 bits per heavy atom. The summed E-state index contributed by atoms with van der Waals surface area (Å²) in [6.07, 6.45) is 4.14. The van der Waals surface area contributed by atoms with E-state index in [1.807, 2.05) is 79.7 Å². The van der Waals surface area contributed by atoms with Gasteiger partial charge in [-0.1, -0.05) is 48.5 Å². The summed E-state index contributed by atoms with van der Waals surface area (Å²) in [5.41, 5.74) is 2.76. The van der Waals surface area contributed by atoms with Crippen LogP contribution in [0.4, 0.5) is 5.69 Å². The van der Waals surface area contributed by atoms with Gasteiger partial charge in [0.15, 0.2) is 0 Å². The van der Waals surface area contributed by atoms with Gasteiger partial charge in [-0.15, -0.1) is 0 Å². The van der Waals surface area contributed by atoms with Gasteiger partial charge in [0, 0.05) is 31.2 Å². The van der Waals surface area contributed by atoms with E-state index in [0.717, 1.165) is 11.1 Å². The van der Waals surface area contributed by atoms with Gasteiger partial charge in [-0.05, 0) is 48.7 Å². The lowest BCUT2D eigenvalue weighted by Gasteiger charge is -2.26. The Balaban J connectivity index is 1.77. The summed E-state index contributed by atoms with van der Waals surface area (Å²) in [5.74, 6) is -1.00. The second-order valence-electron chi connectivity index (χ2n) is 6.70. The monoisotopic (exact) mass is 387 g/mol. The van der Waals surface area contributed by atoms with E-state index in [4.69, 9.17) is 0 Å². The quantitative estimate of drug-likeness (QED) is 0.581. The maximum atomic E-state index is 13.2. The number of nitrogens with zero attached hydrogens (tertiary/aromatic N) is 3. The van der Waals surface area contributed by atoms with E-state index in [1.54, 1.807) is 22.2 Å². The summed E-state index contributed by atoms with van der Waals surface area (Å²) in [7, 11) is 0. The second kappa shape index (κ2) is 10.2. The Bertz CT molecular complexity index is 915. The molecule has 0 bridgehead atoms. The van der Waals surface area contributed by atoms with Crippen LogP contribution in [0, 0.1) is 0 Å². The number of rotatable bonds is 7. The number of aromatic nitrogens is 1. The van der Waals surface area contributed by atoms with E-state index in [2.05, 4.69) is 4.98 Å². The number of anilines is 1. The number of hydrogen-bond donors (Lipinski definition) is 0. The van der Waals surface area contributed by atoms with E-state index in [1.165, 1.54) is 0 Å². The fourth-order valence-corrected chi connectivity index (χ4v) is 3.12. The van der Waals surface area contributed by atoms with Crippen molar-refractivity contribution < 1.29 is 9.59 Å². The summed E-state index contributed by atoms with van der Waals surface area (Å²) in [6, 6.07) is 22.9. The van der Waals surface area contributed by atoms with Crippen molar-refractivity contribution in [1.82, 2.24) is 9.88 Å². The number of para-hydroxylation sites is 1. The van der Waals surface area contributed by atoms with Crippen molar-refractivity contribution in [2.24, 2.45) is 0 Å². The van der Waals surface area contributed by atoms with E-state index in [0.29, 0.717) is 31.7 Å². The maximum Gasteiger partial charge on any atom is 0.316 e. The Morgan fingerprint density at radius 3 is 2.03 bits per heavy atom. The normalized spacial score (nSPS) is 10.4. The van der Waals surface area contributed by atoms with Gasteiger partial charge < -0.3 is 4.90 Å². The Morgan fingerprint density at radius 2 is 1.41 bits per heavy atom. The van der Waals surface area contributed by atoms with Crippen LogP contribution in [0.15, 0.2) is 85.2 Å². The molecule has 0 aliphatic heterocycles. The van der Waals surface area contributed by atoms with Crippen LogP contribution in [0.5, 0.6) is 0 Å².